The molecule has 6 heteroatoms. The van der Waals surface area contributed by atoms with E-state index < -0.39 is 11.7 Å². The molecular weight excluding hydrogens is 259 g/mol. The molecule has 0 unspecified atom stereocenters. The van der Waals surface area contributed by atoms with Crippen molar-refractivity contribution in [2.45, 2.75) is 25.9 Å². The van der Waals surface area contributed by atoms with Gasteiger partial charge in [0, 0.05) is 18.7 Å². The van der Waals surface area contributed by atoms with Crippen LogP contribution in [0.25, 0.3) is 0 Å². The molecule has 0 aliphatic carbocycles. The Morgan fingerprint density at radius 3 is 2.63 bits per heavy atom. The average molecular weight is 275 g/mol. The normalized spacial score (nSPS) is 11.2. The molecule has 0 atom stereocenters. The molecule has 0 bridgehead atoms. The molecule has 0 aliphatic heterocycles. The number of carbonyl (C=O) groups is 1. The van der Waals surface area contributed by atoms with Crippen LogP contribution in [0, 0.1) is 0 Å². The molecule has 0 amide bonds. The first-order valence-corrected chi connectivity index (χ1v) is 6.01. The molecule has 3 nitrogen and oxygen atoms in total. The molecule has 0 heterocycles. The molecular formula is C13H16F3NO2. The largest absolute Gasteiger partial charge is 0.466 e. The monoisotopic (exact) mass is 275 g/mol. The van der Waals surface area contributed by atoms with Crippen LogP contribution in [0.3, 0.4) is 0 Å². The topological polar surface area (TPSA) is 38.3 Å². The number of esters is 1. The van der Waals surface area contributed by atoms with Crippen molar-refractivity contribution in [1.82, 2.24) is 0 Å². The number of rotatable bonds is 6. The number of hydrogen-bond acceptors (Lipinski definition) is 3. The van der Waals surface area contributed by atoms with Gasteiger partial charge in [0.1, 0.15) is 0 Å². The summed E-state index contributed by atoms with van der Waals surface area (Å²) in [7, 11) is 0. The fourth-order valence-electron chi connectivity index (χ4n) is 1.57. The van der Waals surface area contributed by atoms with Crippen LogP contribution in [-0.2, 0) is 15.7 Å². The number of para-hydroxylation sites is 1. The Labute approximate surface area is 109 Å². The second-order valence-electron chi connectivity index (χ2n) is 3.88. The van der Waals surface area contributed by atoms with E-state index in [1.807, 2.05) is 0 Å². The summed E-state index contributed by atoms with van der Waals surface area (Å²) in [4.78, 5) is 11.1. The van der Waals surface area contributed by atoms with Gasteiger partial charge in [-0.25, -0.2) is 0 Å². The van der Waals surface area contributed by atoms with Gasteiger partial charge >= 0.3 is 12.1 Å². The Balaban J connectivity index is 2.48. The summed E-state index contributed by atoms with van der Waals surface area (Å²) in [5.74, 6) is -0.339. The van der Waals surface area contributed by atoms with Crippen molar-refractivity contribution in [1.29, 1.82) is 0 Å². The number of ether oxygens (including phenoxy) is 1. The summed E-state index contributed by atoms with van der Waals surface area (Å²) in [6.07, 6.45) is -3.77. The summed E-state index contributed by atoms with van der Waals surface area (Å²) in [5.41, 5.74) is -0.676. The zero-order valence-electron chi connectivity index (χ0n) is 10.6. The predicted octanol–water partition coefficient (Wildman–Crippen LogP) is 3.46. The van der Waals surface area contributed by atoms with Crippen molar-refractivity contribution in [3.05, 3.63) is 29.8 Å². The third-order valence-corrected chi connectivity index (χ3v) is 2.41. The van der Waals surface area contributed by atoms with E-state index in [2.05, 4.69) is 5.32 Å². The Kier molecular flexibility index (Phi) is 5.66. The number of hydrogen-bond donors (Lipinski definition) is 1. The van der Waals surface area contributed by atoms with E-state index in [0.717, 1.165) is 6.07 Å². The van der Waals surface area contributed by atoms with Gasteiger partial charge < -0.3 is 10.1 Å². The van der Waals surface area contributed by atoms with Crippen molar-refractivity contribution in [2.75, 3.05) is 18.5 Å². The van der Waals surface area contributed by atoms with Crippen LogP contribution < -0.4 is 5.32 Å². The standard InChI is InChI=1S/C13H16F3NO2/c1-2-19-12(18)8-5-9-17-11-7-4-3-6-10(11)13(14,15)16/h3-4,6-7,17H,2,5,8-9H2,1H3. The van der Waals surface area contributed by atoms with Gasteiger partial charge in [0.2, 0.25) is 0 Å². The molecule has 1 aromatic carbocycles. The van der Waals surface area contributed by atoms with Gasteiger partial charge in [0.25, 0.3) is 0 Å². The molecule has 1 N–H and O–H groups in total. The van der Waals surface area contributed by atoms with Crippen LogP contribution in [0.1, 0.15) is 25.3 Å². The Bertz CT molecular complexity index is 419. The van der Waals surface area contributed by atoms with Crippen molar-refractivity contribution in [3.63, 3.8) is 0 Å². The van der Waals surface area contributed by atoms with Crippen LogP contribution in [0.2, 0.25) is 0 Å². The molecule has 0 radical (unpaired) electrons. The Hall–Kier alpha value is -1.72. The second-order valence-corrected chi connectivity index (χ2v) is 3.88. The van der Waals surface area contributed by atoms with Crippen LogP contribution >= 0.6 is 0 Å². The Morgan fingerprint density at radius 1 is 1.32 bits per heavy atom. The molecule has 106 valence electrons. The first-order valence-electron chi connectivity index (χ1n) is 6.01. The molecule has 0 spiro atoms. The van der Waals surface area contributed by atoms with Crippen molar-refractivity contribution < 1.29 is 22.7 Å². The van der Waals surface area contributed by atoms with Gasteiger partial charge in [-0.05, 0) is 25.5 Å². The molecule has 0 aliphatic rings. The highest BCUT2D eigenvalue weighted by atomic mass is 19.4. The minimum Gasteiger partial charge on any atom is -0.466 e. The molecule has 1 aromatic rings. The van der Waals surface area contributed by atoms with Crippen LogP contribution in [0.15, 0.2) is 24.3 Å². The summed E-state index contributed by atoms with van der Waals surface area (Å²) in [5, 5.41) is 2.69. The maximum Gasteiger partial charge on any atom is 0.418 e. The van der Waals surface area contributed by atoms with Gasteiger partial charge in [-0.15, -0.1) is 0 Å². The molecule has 19 heavy (non-hydrogen) atoms. The third kappa shape index (κ3) is 5.19. The maximum atomic E-state index is 12.7. The van der Waals surface area contributed by atoms with E-state index in [1.165, 1.54) is 18.2 Å². The van der Waals surface area contributed by atoms with E-state index in [-0.39, 0.29) is 24.6 Å². The van der Waals surface area contributed by atoms with Crippen molar-refractivity contribution >= 4 is 11.7 Å². The Morgan fingerprint density at radius 2 is 2.00 bits per heavy atom. The maximum absolute atomic E-state index is 12.7. The van der Waals surface area contributed by atoms with E-state index >= 15 is 0 Å². The van der Waals surface area contributed by atoms with Gasteiger partial charge in [-0.2, -0.15) is 13.2 Å². The van der Waals surface area contributed by atoms with Crippen LogP contribution in [0.5, 0.6) is 0 Å². The predicted molar refractivity (Wildman–Crippen MR) is 65.8 cm³/mol. The zero-order chi connectivity index (χ0) is 14.3. The molecule has 0 saturated heterocycles. The lowest BCUT2D eigenvalue weighted by molar-refractivity contribution is -0.143. The number of halogens is 3. The van der Waals surface area contributed by atoms with Gasteiger partial charge in [0.05, 0.1) is 12.2 Å². The van der Waals surface area contributed by atoms with Crippen LogP contribution in [0.4, 0.5) is 18.9 Å². The summed E-state index contributed by atoms with van der Waals surface area (Å²) in [6.45, 7) is 2.30. The van der Waals surface area contributed by atoms with Gasteiger partial charge in [0.15, 0.2) is 0 Å². The summed E-state index contributed by atoms with van der Waals surface area (Å²) >= 11 is 0. The molecule has 1 rings (SSSR count). The number of anilines is 1. The minimum absolute atomic E-state index is 0.0267. The highest BCUT2D eigenvalue weighted by molar-refractivity contribution is 5.69. The van der Waals surface area contributed by atoms with Gasteiger partial charge in [-0.3, -0.25) is 4.79 Å². The van der Waals surface area contributed by atoms with Crippen molar-refractivity contribution in [3.8, 4) is 0 Å². The number of carbonyl (C=O) groups excluding carboxylic acids is 1. The quantitative estimate of drug-likeness (QED) is 0.638. The lowest BCUT2D eigenvalue weighted by atomic mass is 10.1. The fraction of sp³-hybridized carbons (Fsp3) is 0.462. The van der Waals surface area contributed by atoms with E-state index in [4.69, 9.17) is 4.74 Å². The average Bonchev–Trinajstić information content (AvgIpc) is 2.34. The van der Waals surface area contributed by atoms with E-state index in [0.29, 0.717) is 13.0 Å². The van der Waals surface area contributed by atoms with E-state index in [1.54, 1.807) is 6.92 Å². The zero-order valence-corrected chi connectivity index (χ0v) is 10.6. The highest BCUT2D eigenvalue weighted by Gasteiger charge is 2.32. The lowest BCUT2D eigenvalue weighted by Crippen LogP contribution is -2.12. The second kappa shape index (κ2) is 7.01. The highest BCUT2D eigenvalue weighted by Crippen LogP contribution is 2.34. The minimum atomic E-state index is -4.38. The third-order valence-electron chi connectivity index (χ3n) is 2.41. The lowest BCUT2D eigenvalue weighted by Gasteiger charge is -2.14. The smallest absolute Gasteiger partial charge is 0.418 e. The van der Waals surface area contributed by atoms with Crippen LogP contribution in [-0.4, -0.2) is 19.1 Å². The molecule has 0 fully saturated rings. The number of nitrogens with one attached hydrogen (secondary N) is 1. The van der Waals surface area contributed by atoms with Crippen molar-refractivity contribution in [2.24, 2.45) is 0 Å². The molecule has 0 saturated carbocycles. The fourth-order valence-corrected chi connectivity index (χ4v) is 1.57. The summed E-state index contributed by atoms with van der Waals surface area (Å²) < 4.78 is 42.7. The van der Waals surface area contributed by atoms with Gasteiger partial charge in [-0.1, -0.05) is 12.1 Å². The SMILES string of the molecule is CCOC(=O)CCCNc1ccccc1C(F)(F)F. The van der Waals surface area contributed by atoms with E-state index in [9.17, 15) is 18.0 Å². The first kappa shape index (κ1) is 15.3. The first-order chi connectivity index (χ1) is 8.95. The number of benzene rings is 1. The number of alkyl halides is 3. The summed E-state index contributed by atoms with van der Waals surface area (Å²) in [6, 6.07) is 5.26. The molecule has 0 aromatic heterocycles.